The van der Waals surface area contributed by atoms with Gasteiger partial charge in [-0.2, -0.15) is 0 Å². The molecule has 0 aromatic heterocycles. The molecule has 1 rings (SSSR count). The van der Waals surface area contributed by atoms with Gasteiger partial charge in [0, 0.05) is 21.1 Å². The molecule has 0 heterocycles. The Balaban J connectivity index is 2.41. The van der Waals surface area contributed by atoms with Gasteiger partial charge in [0.2, 0.25) is 0 Å². The van der Waals surface area contributed by atoms with Gasteiger partial charge in [-0.25, -0.2) is 0 Å². The lowest BCUT2D eigenvalue weighted by Gasteiger charge is -2.06. The Morgan fingerprint density at radius 3 is 2.41 bits per heavy atom. The predicted molar refractivity (Wildman–Crippen MR) is 77.3 cm³/mol. The number of hydrogen-bond donors (Lipinski definition) is 2. The molecule has 0 unspecified atom stereocenters. The average Bonchev–Trinajstić information content (AvgIpc) is 2.27. The molecule has 5 heteroatoms. The molecule has 2 N–H and O–H groups in total. The van der Waals surface area contributed by atoms with E-state index in [1.54, 1.807) is 0 Å². The molecule has 0 radical (unpaired) electrons. The lowest BCUT2D eigenvalue weighted by molar-refractivity contribution is 0.0953. The molecule has 0 aliphatic carbocycles. The number of hydrogen-bond acceptors (Lipinski definition) is 2. The van der Waals surface area contributed by atoms with Gasteiger partial charge in [-0.15, -0.1) is 0 Å². The van der Waals surface area contributed by atoms with Crippen LogP contribution < -0.4 is 10.6 Å². The van der Waals surface area contributed by atoms with Crippen molar-refractivity contribution >= 4 is 37.8 Å². The molecule has 0 aliphatic rings. The first-order valence-electron chi connectivity index (χ1n) is 5.58. The van der Waals surface area contributed by atoms with Crippen molar-refractivity contribution in [3.8, 4) is 0 Å². The van der Waals surface area contributed by atoms with Crippen molar-refractivity contribution in [1.82, 2.24) is 10.6 Å². The summed E-state index contributed by atoms with van der Waals surface area (Å²) < 4.78 is 1.79. The normalized spacial score (nSPS) is 10.3. The summed E-state index contributed by atoms with van der Waals surface area (Å²) in [6, 6.07) is 5.52. The number of halogens is 2. The molecule has 1 aromatic carbocycles. The molecule has 1 amide bonds. The third-order valence-corrected chi connectivity index (χ3v) is 3.11. The van der Waals surface area contributed by atoms with Crippen molar-refractivity contribution in [3.05, 3.63) is 32.7 Å². The van der Waals surface area contributed by atoms with Crippen molar-refractivity contribution < 1.29 is 4.79 Å². The minimum atomic E-state index is -0.0384. The largest absolute Gasteiger partial charge is 0.352 e. The molecular weight excluding hydrogens is 348 g/mol. The molecule has 0 fully saturated rings. The van der Waals surface area contributed by atoms with E-state index in [2.05, 4.69) is 49.4 Å². The van der Waals surface area contributed by atoms with Gasteiger partial charge >= 0.3 is 0 Å². The van der Waals surface area contributed by atoms with E-state index in [1.165, 1.54) is 0 Å². The topological polar surface area (TPSA) is 41.1 Å². The van der Waals surface area contributed by atoms with Crippen LogP contribution in [0.3, 0.4) is 0 Å². The molecule has 17 heavy (non-hydrogen) atoms. The van der Waals surface area contributed by atoms with Gasteiger partial charge in [-0.05, 0) is 37.7 Å². The maximum absolute atomic E-state index is 11.8. The highest BCUT2D eigenvalue weighted by Crippen LogP contribution is 2.19. The van der Waals surface area contributed by atoms with E-state index in [-0.39, 0.29) is 5.91 Å². The van der Waals surface area contributed by atoms with Crippen LogP contribution in [0.4, 0.5) is 0 Å². The van der Waals surface area contributed by atoms with E-state index in [1.807, 2.05) is 18.2 Å². The Morgan fingerprint density at radius 1 is 1.18 bits per heavy atom. The number of benzene rings is 1. The fourth-order valence-electron chi connectivity index (χ4n) is 1.38. The second kappa shape index (κ2) is 7.84. The van der Waals surface area contributed by atoms with Gasteiger partial charge in [0.25, 0.3) is 5.91 Å². The third-order valence-electron chi connectivity index (χ3n) is 2.19. The summed E-state index contributed by atoms with van der Waals surface area (Å²) in [6.07, 6.45) is 0.939. The minimum Gasteiger partial charge on any atom is -0.352 e. The van der Waals surface area contributed by atoms with E-state index in [0.717, 1.165) is 28.5 Å². The molecule has 0 saturated heterocycles. The first-order valence-corrected chi connectivity index (χ1v) is 7.17. The second-order valence-corrected chi connectivity index (χ2v) is 5.45. The fourth-order valence-corrected chi connectivity index (χ4v) is 2.67. The van der Waals surface area contributed by atoms with Crippen LogP contribution in [0.15, 0.2) is 27.1 Å². The van der Waals surface area contributed by atoms with Crippen LogP contribution in [0.25, 0.3) is 0 Å². The summed E-state index contributed by atoms with van der Waals surface area (Å²) >= 11 is 6.73. The number of carbonyl (C=O) groups is 1. The van der Waals surface area contributed by atoms with Crippen LogP contribution in [-0.2, 0) is 0 Å². The number of nitrogens with one attached hydrogen (secondary N) is 2. The van der Waals surface area contributed by atoms with Gasteiger partial charge in [0.1, 0.15) is 0 Å². The van der Waals surface area contributed by atoms with Gasteiger partial charge in [0.15, 0.2) is 0 Å². The first-order chi connectivity index (χ1) is 8.13. The van der Waals surface area contributed by atoms with E-state index in [0.29, 0.717) is 12.1 Å². The fraction of sp³-hybridized carbons (Fsp3) is 0.417. The molecule has 0 bridgehead atoms. The molecule has 0 saturated carbocycles. The van der Waals surface area contributed by atoms with Gasteiger partial charge in [-0.1, -0.05) is 38.8 Å². The maximum atomic E-state index is 11.8. The van der Waals surface area contributed by atoms with Crippen LogP contribution in [-0.4, -0.2) is 25.5 Å². The summed E-state index contributed by atoms with van der Waals surface area (Å²) in [5, 5.41) is 6.11. The zero-order valence-electron chi connectivity index (χ0n) is 9.72. The van der Waals surface area contributed by atoms with Gasteiger partial charge in [-0.3, -0.25) is 4.79 Å². The van der Waals surface area contributed by atoms with Crippen molar-refractivity contribution in [2.24, 2.45) is 0 Å². The number of amides is 1. The van der Waals surface area contributed by atoms with Crippen LogP contribution in [0, 0.1) is 0 Å². The summed E-state index contributed by atoms with van der Waals surface area (Å²) in [7, 11) is 0. The first kappa shape index (κ1) is 14.7. The number of rotatable bonds is 6. The van der Waals surface area contributed by atoms with Crippen molar-refractivity contribution in [2.45, 2.75) is 13.3 Å². The second-order valence-electron chi connectivity index (χ2n) is 3.62. The Labute approximate surface area is 119 Å². The Bertz CT molecular complexity index is 363. The molecule has 1 aromatic rings. The Kier molecular flexibility index (Phi) is 6.77. The Hall–Kier alpha value is -0.390. The van der Waals surface area contributed by atoms with Crippen molar-refractivity contribution in [1.29, 1.82) is 0 Å². The lowest BCUT2D eigenvalue weighted by atomic mass is 10.2. The van der Waals surface area contributed by atoms with E-state index < -0.39 is 0 Å². The zero-order chi connectivity index (χ0) is 12.7. The minimum absolute atomic E-state index is 0.0384. The predicted octanol–water partition coefficient (Wildman–Crippen LogP) is 2.94. The van der Waals surface area contributed by atoms with E-state index in [4.69, 9.17) is 0 Å². The molecule has 3 nitrogen and oxygen atoms in total. The van der Waals surface area contributed by atoms with Crippen LogP contribution in [0.5, 0.6) is 0 Å². The van der Waals surface area contributed by atoms with Crippen LogP contribution >= 0.6 is 31.9 Å². The summed E-state index contributed by atoms with van der Waals surface area (Å²) in [5.41, 5.74) is 0.662. The smallest absolute Gasteiger partial charge is 0.251 e. The van der Waals surface area contributed by atoms with Crippen molar-refractivity contribution in [2.75, 3.05) is 19.6 Å². The lowest BCUT2D eigenvalue weighted by Crippen LogP contribution is -2.27. The van der Waals surface area contributed by atoms with Crippen LogP contribution in [0.1, 0.15) is 23.7 Å². The Morgan fingerprint density at radius 2 is 1.82 bits per heavy atom. The highest BCUT2D eigenvalue weighted by molar-refractivity contribution is 9.11. The summed E-state index contributed by atoms with van der Waals surface area (Å²) in [5.74, 6) is -0.0384. The monoisotopic (exact) mass is 362 g/mol. The maximum Gasteiger partial charge on any atom is 0.251 e. The molecule has 94 valence electrons. The quantitative estimate of drug-likeness (QED) is 0.763. The number of carbonyl (C=O) groups excluding carboxylic acids is 1. The zero-order valence-corrected chi connectivity index (χ0v) is 12.9. The van der Waals surface area contributed by atoms with E-state index in [9.17, 15) is 4.79 Å². The molecule has 0 spiro atoms. The third kappa shape index (κ3) is 5.66. The highest BCUT2D eigenvalue weighted by Gasteiger charge is 2.06. The average molecular weight is 364 g/mol. The highest BCUT2D eigenvalue weighted by atomic mass is 79.9. The van der Waals surface area contributed by atoms with Gasteiger partial charge < -0.3 is 10.6 Å². The molecule has 0 atom stereocenters. The summed E-state index contributed by atoms with van der Waals surface area (Å²) in [6.45, 7) is 4.65. The van der Waals surface area contributed by atoms with E-state index >= 15 is 0 Å². The molecule has 0 aliphatic heterocycles. The molecular formula is C12H16Br2N2O. The SMILES string of the molecule is CCNCCCNC(=O)c1cc(Br)cc(Br)c1. The van der Waals surface area contributed by atoms with Gasteiger partial charge in [0.05, 0.1) is 0 Å². The summed E-state index contributed by atoms with van der Waals surface area (Å²) in [4.78, 5) is 11.8. The van der Waals surface area contributed by atoms with Crippen molar-refractivity contribution in [3.63, 3.8) is 0 Å². The van der Waals surface area contributed by atoms with Crippen LogP contribution in [0.2, 0.25) is 0 Å². The standard InChI is InChI=1S/C12H16Br2N2O/c1-2-15-4-3-5-16-12(17)9-6-10(13)8-11(14)7-9/h6-8,15H,2-5H2,1H3,(H,16,17).